The first-order valence-corrected chi connectivity index (χ1v) is 3.61. The highest BCUT2D eigenvalue weighted by Crippen LogP contribution is 2.20. The molecule has 0 fully saturated rings. The summed E-state index contributed by atoms with van der Waals surface area (Å²) < 4.78 is 9.96. The van der Waals surface area contributed by atoms with Gasteiger partial charge in [0.15, 0.2) is 5.22 Å². The van der Waals surface area contributed by atoms with Crippen LogP contribution in [0.5, 0.6) is 0 Å². The van der Waals surface area contributed by atoms with Gasteiger partial charge in [-0.3, -0.25) is 0 Å². The van der Waals surface area contributed by atoms with Crippen molar-refractivity contribution in [2.75, 3.05) is 7.11 Å². The lowest BCUT2D eigenvalue weighted by Crippen LogP contribution is -1.92. The number of methoxy groups -OCH3 is 1. The van der Waals surface area contributed by atoms with Crippen LogP contribution in [0.25, 0.3) is 0 Å². The highest BCUT2D eigenvalue weighted by Gasteiger charge is 2.06. The second kappa shape index (κ2) is 3.76. The first-order valence-electron chi connectivity index (χ1n) is 3.24. The zero-order chi connectivity index (χ0) is 8.27. The summed E-state index contributed by atoms with van der Waals surface area (Å²) in [5.41, 5.74) is 6.18. The van der Waals surface area contributed by atoms with Crippen molar-refractivity contribution in [2.24, 2.45) is 5.73 Å². The zero-order valence-corrected chi connectivity index (χ0v) is 7.02. The summed E-state index contributed by atoms with van der Waals surface area (Å²) in [7, 11) is 1.60. The van der Waals surface area contributed by atoms with Gasteiger partial charge in [0.25, 0.3) is 0 Å². The molecule has 3 nitrogen and oxygen atoms in total. The standard InChI is InChI=1S/C7H10ClNO2/c1-10-4-5-2-6(3-9)11-7(5)8/h2H,3-4,9H2,1H3. The molecule has 0 aromatic carbocycles. The van der Waals surface area contributed by atoms with Gasteiger partial charge < -0.3 is 14.9 Å². The van der Waals surface area contributed by atoms with Gasteiger partial charge in [0.1, 0.15) is 5.76 Å². The van der Waals surface area contributed by atoms with Crippen LogP contribution in [0.1, 0.15) is 11.3 Å². The lowest BCUT2D eigenvalue weighted by molar-refractivity contribution is 0.184. The minimum Gasteiger partial charge on any atom is -0.448 e. The van der Waals surface area contributed by atoms with Gasteiger partial charge in [-0.15, -0.1) is 0 Å². The molecular formula is C7H10ClNO2. The van der Waals surface area contributed by atoms with Crippen molar-refractivity contribution in [3.63, 3.8) is 0 Å². The van der Waals surface area contributed by atoms with Gasteiger partial charge >= 0.3 is 0 Å². The van der Waals surface area contributed by atoms with Crippen molar-refractivity contribution < 1.29 is 9.15 Å². The molecule has 2 N–H and O–H groups in total. The van der Waals surface area contributed by atoms with Gasteiger partial charge in [-0.25, -0.2) is 0 Å². The van der Waals surface area contributed by atoms with E-state index in [2.05, 4.69) is 0 Å². The maximum absolute atomic E-state index is 5.70. The predicted octanol–water partition coefficient (Wildman–Crippen LogP) is 1.54. The SMILES string of the molecule is COCc1cc(CN)oc1Cl. The molecule has 0 radical (unpaired) electrons. The Morgan fingerprint density at radius 3 is 2.91 bits per heavy atom. The predicted molar refractivity (Wildman–Crippen MR) is 42.3 cm³/mol. The number of ether oxygens (including phenoxy) is 1. The normalized spacial score (nSPS) is 10.5. The molecule has 0 saturated carbocycles. The summed E-state index contributed by atoms with van der Waals surface area (Å²) in [4.78, 5) is 0. The van der Waals surface area contributed by atoms with E-state index in [0.29, 0.717) is 24.1 Å². The van der Waals surface area contributed by atoms with Crippen LogP contribution in [-0.2, 0) is 17.9 Å². The van der Waals surface area contributed by atoms with Crippen molar-refractivity contribution in [3.8, 4) is 0 Å². The Labute approximate surface area is 70.1 Å². The molecule has 1 rings (SSSR count). The molecule has 0 amide bonds. The number of halogens is 1. The fourth-order valence-corrected chi connectivity index (χ4v) is 1.02. The molecule has 1 aromatic heterocycles. The number of hydrogen-bond donors (Lipinski definition) is 1. The van der Waals surface area contributed by atoms with Crippen LogP contribution < -0.4 is 5.73 Å². The molecular weight excluding hydrogens is 166 g/mol. The molecule has 11 heavy (non-hydrogen) atoms. The van der Waals surface area contributed by atoms with E-state index in [1.54, 1.807) is 13.2 Å². The lowest BCUT2D eigenvalue weighted by atomic mass is 10.3. The smallest absolute Gasteiger partial charge is 0.199 e. The van der Waals surface area contributed by atoms with Crippen molar-refractivity contribution in [2.45, 2.75) is 13.2 Å². The molecule has 0 atom stereocenters. The van der Waals surface area contributed by atoms with Crippen LogP contribution >= 0.6 is 11.6 Å². The molecule has 0 saturated heterocycles. The molecule has 0 aliphatic carbocycles. The first-order chi connectivity index (χ1) is 5.27. The molecule has 4 heteroatoms. The van der Waals surface area contributed by atoms with E-state index < -0.39 is 0 Å². The minimum atomic E-state index is 0.365. The maximum atomic E-state index is 5.70. The van der Waals surface area contributed by atoms with Gasteiger partial charge in [0.05, 0.1) is 13.2 Å². The Balaban J connectivity index is 2.79. The second-order valence-corrected chi connectivity index (χ2v) is 2.49. The lowest BCUT2D eigenvalue weighted by Gasteiger charge is -1.91. The van der Waals surface area contributed by atoms with E-state index in [4.69, 9.17) is 26.5 Å². The Morgan fingerprint density at radius 2 is 2.45 bits per heavy atom. The summed E-state index contributed by atoms with van der Waals surface area (Å²) >= 11 is 5.70. The largest absolute Gasteiger partial charge is 0.448 e. The van der Waals surface area contributed by atoms with Gasteiger partial charge in [0.2, 0.25) is 0 Å². The summed E-state index contributed by atoms with van der Waals surface area (Å²) in [5.74, 6) is 0.682. The Bertz CT molecular complexity index is 234. The highest BCUT2D eigenvalue weighted by atomic mass is 35.5. The summed E-state index contributed by atoms with van der Waals surface area (Å²) in [6.45, 7) is 0.825. The number of nitrogens with two attached hydrogens (primary N) is 1. The van der Waals surface area contributed by atoms with E-state index in [-0.39, 0.29) is 0 Å². The summed E-state index contributed by atoms with van der Waals surface area (Å²) in [6, 6.07) is 1.80. The van der Waals surface area contributed by atoms with E-state index in [0.717, 1.165) is 5.56 Å². The average Bonchev–Trinajstić information content (AvgIpc) is 2.33. The van der Waals surface area contributed by atoms with Crippen LogP contribution in [0.3, 0.4) is 0 Å². The van der Waals surface area contributed by atoms with Crippen molar-refractivity contribution in [3.05, 3.63) is 22.6 Å². The third-order valence-electron chi connectivity index (χ3n) is 1.31. The first kappa shape index (κ1) is 8.59. The number of hydrogen-bond acceptors (Lipinski definition) is 3. The Hall–Kier alpha value is -0.510. The minimum absolute atomic E-state index is 0.365. The quantitative estimate of drug-likeness (QED) is 0.758. The van der Waals surface area contributed by atoms with Crippen molar-refractivity contribution in [1.29, 1.82) is 0 Å². The van der Waals surface area contributed by atoms with Crippen LogP contribution in [0.15, 0.2) is 10.5 Å². The van der Waals surface area contributed by atoms with E-state index in [9.17, 15) is 0 Å². The van der Waals surface area contributed by atoms with Gasteiger partial charge in [0, 0.05) is 12.7 Å². The Kier molecular flexibility index (Phi) is 2.93. The molecule has 0 spiro atoms. The van der Waals surface area contributed by atoms with E-state index >= 15 is 0 Å². The molecule has 1 aromatic rings. The molecule has 0 aliphatic rings. The molecule has 62 valence electrons. The van der Waals surface area contributed by atoms with Crippen LogP contribution in [0.4, 0.5) is 0 Å². The monoisotopic (exact) mass is 175 g/mol. The number of rotatable bonds is 3. The molecule has 1 heterocycles. The summed E-state index contributed by atoms with van der Waals surface area (Å²) in [6.07, 6.45) is 0. The third-order valence-corrected chi connectivity index (χ3v) is 1.63. The Morgan fingerprint density at radius 1 is 1.73 bits per heavy atom. The highest BCUT2D eigenvalue weighted by molar-refractivity contribution is 6.29. The van der Waals surface area contributed by atoms with Gasteiger partial charge in [-0.05, 0) is 17.7 Å². The topological polar surface area (TPSA) is 48.4 Å². The second-order valence-electron chi connectivity index (χ2n) is 2.15. The molecule has 0 unspecified atom stereocenters. The van der Waals surface area contributed by atoms with Crippen molar-refractivity contribution >= 4 is 11.6 Å². The van der Waals surface area contributed by atoms with Crippen LogP contribution in [-0.4, -0.2) is 7.11 Å². The maximum Gasteiger partial charge on any atom is 0.199 e. The van der Waals surface area contributed by atoms with Crippen LogP contribution in [0, 0.1) is 0 Å². The molecule has 0 aliphatic heterocycles. The number of furan rings is 1. The van der Waals surface area contributed by atoms with E-state index in [1.807, 2.05) is 0 Å². The fraction of sp³-hybridized carbons (Fsp3) is 0.429. The average molecular weight is 176 g/mol. The van der Waals surface area contributed by atoms with Gasteiger partial charge in [-0.1, -0.05) is 0 Å². The fourth-order valence-electron chi connectivity index (χ4n) is 0.816. The summed E-state index contributed by atoms with van der Waals surface area (Å²) in [5, 5.41) is 0.368. The van der Waals surface area contributed by atoms with Gasteiger partial charge in [-0.2, -0.15) is 0 Å². The van der Waals surface area contributed by atoms with Crippen molar-refractivity contribution in [1.82, 2.24) is 0 Å². The zero-order valence-electron chi connectivity index (χ0n) is 6.26. The van der Waals surface area contributed by atoms with Crippen LogP contribution in [0.2, 0.25) is 5.22 Å². The third kappa shape index (κ3) is 1.96. The molecule has 0 bridgehead atoms. The van der Waals surface area contributed by atoms with E-state index in [1.165, 1.54) is 0 Å².